The van der Waals surface area contributed by atoms with Gasteiger partial charge in [0, 0.05) is 6.04 Å². The van der Waals surface area contributed by atoms with Gasteiger partial charge in [0.15, 0.2) is 5.82 Å². The van der Waals surface area contributed by atoms with Crippen LogP contribution < -0.4 is 5.73 Å². The zero-order chi connectivity index (χ0) is 14.3. The predicted molar refractivity (Wildman–Crippen MR) is 79.9 cm³/mol. The molecule has 21 heavy (non-hydrogen) atoms. The predicted octanol–water partition coefficient (Wildman–Crippen LogP) is 3.13. The van der Waals surface area contributed by atoms with Crippen LogP contribution in [0.2, 0.25) is 0 Å². The van der Waals surface area contributed by atoms with Crippen LogP contribution in [0, 0.1) is 0 Å². The minimum atomic E-state index is -0.0121. The van der Waals surface area contributed by atoms with Crippen LogP contribution in [0.4, 0.5) is 0 Å². The molecule has 2 atom stereocenters. The van der Waals surface area contributed by atoms with Gasteiger partial charge >= 0.3 is 0 Å². The highest BCUT2D eigenvalue weighted by atomic mass is 16.5. The average Bonchev–Trinajstić information content (AvgIpc) is 3.20. The smallest absolute Gasteiger partial charge is 0.231 e. The van der Waals surface area contributed by atoms with Crippen LogP contribution in [0.1, 0.15) is 61.7 Å². The number of hydrogen-bond acceptors (Lipinski definition) is 4. The Morgan fingerprint density at radius 2 is 1.86 bits per heavy atom. The Bertz CT molecular complexity index is 618. The molecule has 4 rings (SSSR count). The summed E-state index contributed by atoms with van der Waals surface area (Å²) in [4.78, 5) is 4.74. The van der Waals surface area contributed by atoms with E-state index in [9.17, 15) is 0 Å². The monoisotopic (exact) mass is 283 g/mol. The Labute approximate surface area is 124 Å². The normalized spacial score (nSPS) is 27.5. The summed E-state index contributed by atoms with van der Waals surface area (Å²) in [6, 6.07) is 10.7. The SMILES string of the molecule is NC1CCCCC1c1nc(C2(c3ccccc3)CC2)no1. The maximum atomic E-state index is 6.23. The van der Waals surface area contributed by atoms with Crippen LogP contribution in [0.25, 0.3) is 0 Å². The van der Waals surface area contributed by atoms with Crippen molar-refractivity contribution in [3.05, 3.63) is 47.6 Å². The summed E-state index contributed by atoms with van der Waals surface area (Å²) in [5, 5.41) is 4.29. The van der Waals surface area contributed by atoms with Gasteiger partial charge in [-0.25, -0.2) is 0 Å². The molecule has 4 heteroatoms. The first-order valence-electron chi connectivity index (χ1n) is 7.95. The van der Waals surface area contributed by atoms with Gasteiger partial charge in [-0.1, -0.05) is 48.3 Å². The fourth-order valence-electron chi connectivity index (χ4n) is 3.57. The maximum Gasteiger partial charge on any atom is 0.231 e. The molecule has 2 aromatic rings. The van der Waals surface area contributed by atoms with Crippen LogP contribution in [0.15, 0.2) is 34.9 Å². The van der Waals surface area contributed by atoms with Gasteiger partial charge < -0.3 is 10.3 Å². The van der Waals surface area contributed by atoms with E-state index in [2.05, 4.69) is 29.4 Å². The van der Waals surface area contributed by atoms with Crippen LogP contribution in [-0.4, -0.2) is 16.2 Å². The molecule has 2 saturated carbocycles. The number of rotatable bonds is 3. The first-order chi connectivity index (χ1) is 10.3. The second-order valence-corrected chi connectivity index (χ2v) is 6.46. The molecule has 1 heterocycles. The topological polar surface area (TPSA) is 64.9 Å². The molecular formula is C17H21N3O. The van der Waals surface area contributed by atoms with Gasteiger partial charge in [-0.05, 0) is 31.2 Å². The van der Waals surface area contributed by atoms with Crippen molar-refractivity contribution in [3.8, 4) is 0 Å². The standard InChI is InChI=1S/C17H21N3O/c18-14-9-5-4-8-13(14)15-19-16(20-21-15)17(10-11-17)12-6-2-1-3-7-12/h1-3,6-7,13-14H,4-5,8-11,18H2. The maximum absolute atomic E-state index is 6.23. The van der Waals surface area contributed by atoms with E-state index in [1.807, 2.05) is 6.07 Å². The molecule has 110 valence electrons. The average molecular weight is 283 g/mol. The fraction of sp³-hybridized carbons (Fsp3) is 0.529. The molecule has 1 aromatic heterocycles. The number of aromatic nitrogens is 2. The quantitative estimate of drug-likeness (QED) is 0.940. The van der Waals surface area contributed by atoms with Gasteiger partial charge in [0.05, 0.1) is 11.3 Å². The summed E-state index contributed by atoms with van der Waals surface area (Å²) in [5.41, 5.74) is 7.51. The minimum absolute atomic E-state index is 0.0121. The third-order valence-corrected chi connectivity index (χ3v) is 5.08. The number of nitrogens with two attached hydrogens (primary N) is 1. The number of benzene rings is 1. The summed E-state index contributed by atoms with van der Waals surface area (Å²) in [6.07, 6.45) is 6.76. The summed E-state index contributed by atoms with van der Waals surface area (Å²) >= 11 is 0. The summed E-state index contributed by atoms with van der Waals surface area (Å²) in [7, 11) is 0. The molecule has 2 unspecified atom stereocenters. The van der Waals surface area contributed by atoms with Gasteiger partial charge in [-0.15, -0.1) is 0 Å². The lowest BCUT2D eigenvalue weighted by Crippen LogP contribution is -2.31. The fourth-order valence-corrected chi connectivity index (χ4v) is 3.57. The number of hydrogen-bond donors (Lipinski definition) is 1. The van der Waals surface area contributed by atoms with E-state index in [0.717, 1.165) is 37.4 Å². The molecular weight excluding hydrogens is 262 g/mol. The van der Waals surface area contributed by atoms with Crippen molar-refractivity contribution in [1.29, 1.82) is 0 Å². The van der Waals surface area contributed by atoms with Gasteiger partial charge in [0.2, 0.25) is 5.89 Å². The molecule has 0 spiro atoms. The van der Waals surface area contributed by atoms with Crippen molar-refractivity contribution in [2.75, 3.05) is 0 Å². The molecule has 2 aliphatic carbocycles. The van der Waals surface area contributed by atoms with Gasteiger partial charge in [0.1, 0.15) is 0 Å². The first-order valence-corrected chi connectivity index (χ1v) is 7.95. The Morgan fingerprint density at radius 3 is 2.57 bits per heavy atom. The van der Waals surface area contributed by atoms with E-state index in [-0.39, 0.29) is 17.4 Å². The van der Waals surface area contributed by atoms with Gasteiger partial charge in [-0.2, -0.15) is 4.98 Å². The lowest BCUT2D eigenvalue weighted by molar-refractivity contribution is 0.288. The highest BCUT2D eigenvalue weighted by Gasteiger charge is 2.50. The molecule has 2 fully saturated rings. The Morgan fingerprint density at radius 1 is 1.10 bits per heavy atom. The highest BCUT2D eigenvalue weighted by Crippen LogP contribution is 2.52. The van der Waals surface area contributed by atoms with E-state index in [0.29, 0.717) is 0 Å². The van der Waals surface area contributed by atoms with Crippen molar-refractivity contribution < 1.29 is 4.52 Å². The lowest BCUT2D eigenvalue weighted by atomic mass is 9.85. The Kier molecular flexibility index (Phi) is 3.07. The molecule has 2 aliphatic rings. The van der Waals surface area contributed by atoms with Crippen molar-refractivity contribution in [1.82, 2.24) is 10.1 Å². The van der Waals surface area contributed by atoms with Gasteiger partial charge in [-0.3, -0.25) is 0 Å². The van der Waals surface area contributed by atoms with Crippen LogP contribution >= 0.6 is 0 Å². The Hall–Kier alpha value is -1.68. The third-order valence-electron chi connectivity index (χ3n) is 5.08. The summed E-state index contributed by atoms with van der Waals surface area (Å²) in [6.45, 7) is 0. The molecule has 1 aromatic carbocycles. The molecule has 0 saturated heterocycles. The third kappa shape index (κ3) is 2.18. The van der Waals surface area contributed by atoms with Crippen molar-refractivity contribution >= 4 is 0 Å². The molecule has 0 amide bonds. The van der Waals surface area contributed by atoms with Crippen LogP contribution in [-0.2, 0) is 5.41 Å². The lowest BCUT2D eigenvalue weighted by Gasteiger charge is -2.25. The van der Waals surface area contributed by atoms with Crippen LogP contribution in [0.5, 0.6) is 0 Å². The molecule has 0 aliphatic heterocycles. The van der Waals surface area contributed by atoms with E-state index < -0.39 is 0 Å². The van der Waals surface area contributed by atoms with Crippen LogP contribution in [0.3, 0.4) is 0 Å². The molecule has 4 nitrogen and oxygen atoms in total. The first kappa shape index (κ1) is 13.0. The minimum Gasteiger partial charge on any atom is -0.339 e. The van der Waals surface area contributed by atoms with Crippen molar-refractivity contribution in [2.45, 2.75) is 55.9 Å². The molecule has 0 bridgehead atoms. The zero-order valence-corrected chi connectivity index (χ0v) is 12.2. The largest absolute Gasteiger partial charge is 0.339 e. The van der Waals surface area contributed by atoms with E-state index >= 15 is 0 Å². The van der Waals surface area contributed by atoms with Gasteiger partial charge in [0.25, 0.3) is 0 Å². The van der Waals surface area contributed by atoms with E-state index in [4.69, 9.17) is 15.2 Å². The Balaban J connectivity index is 1.63. The van der Waals surface area contributed by atoms with Crippen molar-refractivity contribution in [2.24, 2.45) is 5.73 Å². The summed E-state index contributed by atoms with van der Waals surface area (Å²) in [5.74, 6) is 1.84. The van der Waals surface area contributed by atoms with E-state index in [1.54, 1.807) is 0 Å². The summed E-state index contributed by atoms with van der Waals surface area (Å²) < 4.78 is 5.58. The number of nitrogens with zero attached hydrogens (tertiary/aromatic N) is 2. The van der Waals surface area contributed by atoms with E-state index in [1.165, 1.54) is 18.4 Å². The highest BCUT2D eigenvalue weighted by molar-refractivity contribution is 5.38. The van der Waals surface area contributed by atoms with Crippen molar-refractivity contribution in [3.63, 3.8) is 0 Å². The molecule has 0 radical (unpaired) electrons. The second kappa shape index (κ2) is 4.95. The second-order valence-electron chi connectivity index (χ2n) is 6.46. The molecule has 2 N–H and O–H groups in total. The zero-order valence-electron chi connectivity index (χ0n) is 12.2.